The summed E-state index contributed by atoms with van der Waals surface area (Å²) in [7, 11) is -1.09. The van der Waals surface area contributed by atoms with Crippen molar-refractivity contribution in [2.45, 2.75) is 51.3 Å². The third kappa shape index (κ3) is 5.68. The highest BCUT2D eigenvalue weighted by Crippen LogP contribution is 2.36. The summed E-state index contributed by atoms with van der Waals surface area (Å²) in [5, 5.41) is 5.70. The number of rotatable bonds is 9. The fourth-order valence-corrected chi connectivity index (χ4v) is 5.39. The van der Waals surface area contributed by atoms with E-state index in [0.717, 1.165) is 65.2 Å². The molecule has 0 bridgehead atoms. The number of hydrogen-bond donors (Lipinski definition) is 0. The van der Waals surface area contributed by atoms with Gasteiger partial charge in [-0.3, -0.25) is 0 Å². The third-order valence-electron chi connectivity index (χ3n) is 6.20. The summed E-state index contributed by atoms with van der Waals surface area (Å²) in [6, 6.07) is 3.63. The van der Waals surface area contributed by atoms with Crippen LogP contribution < -0.4 is 0 Å². The number of ether oxygens (including phenoxy) is 1. The standard InChI is InChI=1S/C23H33BrFN5OSi/c1-32(2,3)11-10-31-17-29-15-18(13-27-29)21-16-30(22-14-26-23(24)12-20(21)22)19-4-7-28(8-5-19)9-6-25/h12-16,19H,4-11,17H2,1-3H3. The molecule has 0 atom stereocenters. The molecule has 6 nitrogen and oxygen atoms in total. The van der Waals surface area contributed by atoms with Gasteiger partial charge in [0.05, 0.1) is 17.9 Å². The minimum absolute atomic E-state index is 0.273. The molecule has 0 aromatic carbocycles. The first-order valence-corrected chi connectivity index (χ1v) is 15.9. The number of nitrogens with zero attached hydrogens (tertiary/aromatic N) is 5. The number of fused-ring (bicyclic) bond motifs is 1. The Balaban J connectivity index is 1.53. The second-order valence-electron chi connectivity index (χ2n) is 9.85. The van der Waals surface area contributed by atoms with Crippen molar-refractivity contribution in [3.63, 3.8) is 0 Å². The fourth-order valence-electron chi connectivity index (χ4n) is 4.30. The maximum atomic E-state index is 12.7. The second-order valence-corrected chi connectivity index (χ2v) is 16.3. The SMILES string of the molecule is C[Si](C)(C)CCOCn1cc(-c2cn(C3CCN(CCF)CC3)c3cnc(Br)cc23)cn1. The van der Waals surface area contributed by atoms with Gasteiger partial charge in [0, 0.05) is 69.3 Å². The van der Waals surface area contributed by atoms with Crippen molar-refractivity contribution in [2.24, 2.45) is 0 Å². The number of halogens is 2. The first-order chi connectivity index (χ1) is 15.3. The lowest BCUT2D eigenvalue weighted by atomic mass is 10.0. The van der Waals surface area contributed by atoms with Crippen molar-refractivity contribution >= 4 is 34.9 Å². The van der Waals surface area contributed by atoms with E-state index in [1.54, 1.807) is 0 Å². The van der Waals surface area contributed by atoms with Gasteiger partial charge >= 0.3 is 0 Å². The molecule has 174 valence electrons. The van der Waals surface area contributed by atoms with Gasteiger partial charge in [-0.2, -0.15) is 5.10 Å². The predicted molar refractivity (Wildman–Crippen MR) is 133 cm³/mol. The topological polar surface area (TPSA) is 48.1 Å². The quantitative estimate of drug-likeness (QED) is 0.209. The Kier molecular flexibility index (Phi) is 7.49. The van der Waals surface area contributed by atoms with Crippen LogP contribution in [0.4, 0.5) is 4.39 Å². The van der Waals surface area contributed by atoms with E-state index in [1.165, 1.54) is 0 Å². The van der Waals surface area contributed by atoms with Gasteiger partial charge in [0.15, 0.2) is 0 Å². The van der Waals surface area contributed by atoms with Crippen LogP contribution >= 0.6 is 15.9 Å². The smallest absolute Gasteiger partial charge is 0.139 e. The van der Waals surface area contributed by atoms with Gasteiger partial charge in [-0.15, -0.1) is 0 Å². The number of hydrogen-bond acceptors (Lipinski definition) is 4. The van der Waals surface area contributed by atoms with Crippen molar-refractivity contribution in [1.29, 1.82) is 0 Å². The van der Waals surface area contributed by atoms with Gasteiger partial charge in [0.2, 0.25) is 0 Å². The molecule has 0 amide bonds. The van der Waals surface area contributed by atoms with E-state index in [4.69, 9.17) is 4.74 Å². The number of aromatic nitrogens is 4. The molecule has 3 aromatic heterocycles. The first kappa shape index (κ1) is 23.6. The lowest BCUT2D eigenvalue weighted by molar-refractivity contribution is 0.0786. The van der Waals surface area contributed by atoms with E-state index < -0.39 is 8.07 Å². The van der Waals surface area contributed by atoms with Crippen LogP contribution in [0.3, 0.4) is 0 Å². The third-order valence-corrected chi connectivity index (χ3v) is 8.34. The number of likely N-dealkylation sites (tertiary alicyclic amines) is 1. The summed E-state index contributed by atoms with van der Waals surface area (Å²) in [5.41, 5.74) is 3.37. The first-order valence-electron chi connectivity index (χ1n) is 11.4. The predicted octanol–water partition coefficient (Wildman–Crippen LogP) is 5.58. The lowest BCUT2D eigenvalue weighted by Gasteiger charge is -2.32. The Labute approximate surface area is 198 Å². The van der Waals surface area contributed by atoms with Crippen molar-refractivity contribution in [3.05, 3.63) is 35.5 Å². The Morgan fingerprint density at radius 1 is 1.19 bits per heavy atom. The largest absolute Gasteiger partial charge is 0.360 e. The van der Waals surface area contributed by atoms with Crippen molar-refractivity contribution in [2.75, 3.05) is 32.9 Å². The molecule has 4 rings (SSSR count). The van der Waals surface area contributed by atoms with Gasteiger partial charge in [-0.25, -0.2) is 14.1 Å². The molecular formula is C23H33BrFN5OSi. The Morgan fingerprint density at radius 3 is 2.69 bits per heavy atom. The molecule has 32 heavy (non-hydrogen) atoms. The van der Waals surface area contributed by atoms with Crippen molar-refractivity contribution < 1.29 is 9.13 Å². The summed E-state index contributed by atoms with van der Waals surface area (Å²) in [5.74, 6) is 0. The van der Waals surface area contributed by atoms with Gasteiger partial charge in [0.25, 0.3) is 0 Å². The van der Waals surface area contributed by atoms with Gasteiger partial charge in [0.1, 0.15) is 18.0 Å². The summed E-state index contributed by atoms with van der Waals surface area (Å²) < 4.78 is 23.6. The maximum absolute atomic E-state index is 12.7. The average molecular weight is 523 g/mol. The summed E-state index contributed by atoms with van der Waals surface area (Å²) in [4.78, 5) is 6.70. The molecule has 3 aromatic rings. The average Bonchev–Trinajstić information content (AvgIpc) is 3.36. The van der Waals surface area contributed by atoms with E-state index in [0.29, 0.717) is 19.3 Å². The lowest BCUT2D eigenvalue weighted by Crippen LogP contribution is -2.35. The van der Waals surface area contributed by atoms with Gasteiger partial charge < -0.3 is 14.2 Å². The molecule has 0 radical (unpaired) electrons. The molecule has 0 unspecified atom stereocenters. The van der Waals surface area contributed by atoms with Crippen molar-refractivity contribution in [3.8, 4) is 11.1 Å². The zero-order valence-electron chi connectivity index (χ0n) is 19.2. The molecule has 1 aliphatic rings. The van der Waals surface area contributed by atoms with Gasteiger partial charge in [-0.1, -0.05) is 19.6 Å². The molecular weight excluding hydrogens is 489 g/mol. The molecule has 9 heteroatoms. The van der Waals surface area contributed by atoms with E-state index in [9.17, 15) is 4.39 Å². The minimum Gasteiger partial charge on any atom is -0.360 e. The maximum Gasteiger partial charge on any atom is 0.139 e. The van der Waals surface area contributed by atoms with E-state index >= 15 is 0 Å². The summed E-state index contributed by atoms with van der Waals surface area (Å²) in [6.07, 6.45) is 10.2. The Bertz CT molecular complexity index is 1040. The number of piperidine rings is 1. The molecule has 0 aliphatic carbocycles. The van der Waals surface area contributed by atoms with Crippen LogP contribution in [0.25, 0.3) is 22.0 Å². The zero-order chi connectivity index (χ0) is 22.7. The monoisotopic (exact) mass is 521 g/mol. The molecule has 4 heterocycles. The Morgan fingerprint density at radius 2 is 1.97 bits per heavy atom. The van der Waals surface area contributed by atoms with Crippen molar-refractivity contribution in [1.82, 2.24) is 24.2 Å². The number of alkyl halides is 1. The second kappa shape index (κ2) is 10.2. The zero-order valence-corrected chi connectivity index (χ0v) is 21.8. The van der Waals surface area contributed by atoms with Crippen LogP contribution in [0.15, 0.2) is 35.5 Å². The van der Waals surface area contributed by atoms with E-state index in [2.05, 4.69) is 73.6 Å². The molecule has 1 fully saturated rings. The molecule has 0 spiro atoms. The minimum atomic E-state index is -1.09. The summed E-state index contributed by atoms with van der Waals surface area (Å²) in [6.45, 7) is 10.5. The Hall–Kier alpha value is -1.55. The van der Waals surface area contributed by atoms with Crippen LogP contribution in [0.5, 0.6) is 0 Å². The summed E-state index contributed by atoms with van der Waals surface area (Å²) >= 11 is 3.53. The van der Waals surface area contributed by atoms with E-state index in [-0.39, 0.29) is 6.67 Å². The molecule has 0 N–H and O–H groups in total. The van der Waals surface area contributed by atoms with E-state index in [1.807, 2.05) is 17.1 Å². The molecule has 0 saturated carbocycles. The highest BCUT2D eigenvalue weighted by atomic mass is 79.9. The highest BCUT2D eigenvalue weighted by molar-refractivity contribution is 9.10. The van der Waals surface area contributed by atoms with Crippen LogP contribution in [0.1, 0.15) is 18.9 Å². The number of pyridine rings is 1. The van der Waals surface area contributed by atoms with Crippen LogP contribution in [-0.2, 0) is 11.5 Å². The molecule has 1 aliphatic heterocycles. The van der Waals surface area contributed by atoms with Gasteiger partial charge in [-0.05, 0) is 40.9 Å². The molecule has 1 saturated heterocycles. The van der Waals surface area contributed by atoms with Crippen LogP contribution in [0.2, 0.25) is 25.7 Å². The highest BCUT2D eigenvalue weighted by Gasteiger charge is 2.23. The van der Waals surface area contributed by atoms with Crippen LogP contribution in [0, 0.1) is 0 Å². The van der Waals surface area contributed by atoms with Crippen LogP contribution in [-0.4, -0.2) is 65.2 Å². The fraction of sp³-hybridized carbons (Fsp3) is 0.565. The normalized spacial score (nSPS) is 16.3.